The maximum absolute atomic E-state index is 12.5. The van der Waals surface area contributed by atoms with Gasteiger partial charge in [0.1, 0.15) is 0 Å². The average molecular weight is 289 g/mol. The van der Waals surface area contributed by atoms with E-state index in [0.717, 1.165) is 32.6 Å². The van der Waals surface area contributed by atoms with Crippen LogP contribution < -0.4 is 5.73 Å². The Morgan fingerprint density at radius 3 is 2.81 bits per heavy atom. The fraction of sp³-hybridized carbons (Fsp3) is 0.588. The molecule has 0 radical (unpaired) electrons. The third kappa shape index (κ3) is 4.83. The van der Waals surface area contributed by atoms with Crippen LogP contribution in [0.25, 0.3) is 0 Å². The molecular formula is C17H27N3O. The number of carbonyl (C=O) groups excluding carboxylic acids is 1. The first-order valence-corrected chi connectivity index (χ1v) is 7.97. The molecule has 1 heterocycles. The van der Waals surface area contributed by atoms with E-state index >= 15 is 0 Å². The molecule has 1 amide bonds. The van der Waals surface area contributed by atoms with Crippen LogP contribution in [0.15, 0.2) is 30.3 Å². The number of nitrogens with two attached hydrogens (primary N) is 1. The monoisotopic (exact) mass is 289 g/mol. The summed E-state index contributed by atoms with van der Waals surface area (Å²) in [4.78, 5) is 16.7. The zero-order valence-electron chi connectivity index (χ0n) is 13.0. The van der Waals surface area contributed by atoms with Gasteiger partial charge in [0.05, 0.1) is 6.54 Å². The Morgan fingerprint density at radius 2 is 2.14 bits per heavy atom. The number of likely N-dealkylation sites (N-methyl/N-ethyl adjacent to an activating group) is 1. The lowest BCUT2D eigenvalue weighted by Gasteiger charge is -2.33. The van der Waals surface area contributed by atoms with Crippen molar-refractivity contribution in [2.75, 3.05) is 32.7 Å². The molecule has 0 spiro atoms. The molecule has 0 aliphatic carbocycles. The Bertz CT molecular complexity index is 435. The van der Waals surface area contributed by atoms with Gasteiger partial charge < -0.3 is 10.6 Å². The van der Waals surface area contributed by atoms with E-state index in [-0.39, 0.29) is 5.91 Å². The van der Waals surface area contributed by atoms with E-state index in [1.165, 1.54) is 12.0 Å². The molecule has 1 aromatic carbocycles. The summed E-state index contributed by atoms with van der Waals surface area (Å²) in [6.45, 7) is 6.73. The van der Waals surface area contributed by atoms with Gasteiger partial charge in [-0.1, -0.05) is 30.3 Å². The van der Waals surface area contributed by atoms with E-state index in [4.69, 9.17) is 5.73 Å². The van der Waals surface area contributed by atoms with Crippen LogP contribution in [-0.4, -0.2) is 48.4 Å². The Balaban J connectivity index is 1.88. The standard InChI is InChI=1S/C17H27N3O/c1-2-20(13-15-7-4-3-5-8-15)17(21)14-19-10-6-9-16(11-18)12-19/h3-5,7-8,16H,2,6,9-14,18H2,1H3. The summed E-state index contributed by atoms with van der Waals surface area (Å²) in [5, 5.41) is 0. The highest BCUT2D eigenvalue weighted by Gasteiger charge is 2.22. The number of nitrogens with zero attached hydrogens (tertiary/aromatic N) is 2. The predicted molar refractivity (Wildman–Crippen MR) is 85.8 cm³/mol. The van der Waals surface area contributed by atoms with Crippen LogP contribution in [0.2, 0.25) is 0 Å². The second-order valence-corrected chi connectivity index (χ2v) is 5.87. The largest absolute Gasteiger partial charge is 0.338 e. The van der Waals surface area contributed by atoms with Crippen molar-refractivity contribution in [2.24, 2.45) is 11.7 Å². The summed E-state index contributed by atoms with van der Waals surface area (Å²) < 4.78 is 0. The molecule has 2 rings (SSSR count). The van der Waals surface area contributed by atoms with Gasteiger partial charge in [-0.2, -0.15) is 0 Å². The van der Waals surface area contributed by atoms with Crippen molar-refractivity contribution in [2.45, 2.75) is 26.3 Å². The molecule has 0 aromatic heterocycles. The van der Waals surface area contributed by atoms with Crippen molar-refractivity contribution in [1.82, 2.24) is 9.80 Å². The maximum atomic E-state index is 12.5. The zero-order chi connectivity index (χ0) is 15.1. The van der Waals surface area contributed by atoms with Gasteiger partial charge in [0, 0.05) is 19.6 Å². The second-order valence-electron chi connectivity index (χ2n) is 5.87. The van der Waals surface area contributed by atoms with Crippen LogP contribution in [0.1, 0.15) is 25.3 Å². The summed E-state index contributed by atoms with van der Waals surface area (Å²) >= 11 is 0. The van der Waals surface area contributed by atoms with Crippen LogP contribution in [0.3, 0.4) is 0 Å². The van der Waals surface area contributed by atoms with Gasteiger partial charge in [0.2, 0.25) is 5.91 Å². The van der Waals surface area contributed by atoms with E-state index in [1.807, 2.05) is 30.0 Å². The topological polar surface area (TPSA) is 49.6 Å². The number of likely N-dealkylation sites (tertiary alicyclic amines) is 1. The fourth-order valence-corrected chi connectivity index (χ4v) is 2.96. The molecule has 21 heavy (non-hydrogen) atoms. The van der Waals surface area contributed by atoms with Gasteiger partial charge >= 0.3 is 0 Å². The fourth-order valence-electron chi connectivity index (χ4n) is 2.96. The van der Waals surface area contributed by atoms with E-state index < -0.39 is 0 Å². The molecule has 4 heteroatoms. The van der Waals surface area contributed by atoms with Gasteiger partial charge in [-0.05, 0) is 44.3 Å². The van der Waals surface area contributed by atoms with Crippen LogP contribution >= 0.6 is 0 Å². The van der Waals surface area contributed by atoms with E-state index in [2.05, 4.69) is 17.0 Å². The summed E-state index contributed by atoms with van der Waals surface area (Å²) in [5.41, 5.74) is 6.95. The Morgan fingerprint density at radius 1 is 1.38 bits per heavy atom. The molecule has 0 saturated carbocycles. The molecule has 0 bridgehead atoms. The Hall–Kier alpha value is -1.39. The smallest absolute Gasteiger partial charge is 0.237 e. The van der Waals surface area contributed by atoms with Crippen molar-refractivity contribution in [3.63, 3.8) is 0 Å². The van der Waals surface area contributed by atoms with E-state index in [9.17, 15) is 4.79 Å². The number of carbonyl (C=O) groups is 1. The number of hydrogen-bond donors (Lipinski definition) is 1. The van der Waals surface area contributed by atoms with Crippen molar-refractivity contribution >= 4 is 5.91 Å². The molecule has 1 aliphatic rings. The highest BCUT2D eigenvalue weighted by molar-refractivity contribution is 5.78. The zero-order valence-corrected chi connectivity index (χ0v) is 13.0. The third-order valence-corrected chi connectivity index (χ3v) is 4.25. The van der Waals surface area contributed by atoms with Crippen LogP contribution in [0.5, 0.6) is 0 Å². The molecule has 1 aromatic rings. The number of rotatable bonds is 6. The molecule has 1 unspecified atom stereocenters. The van der Waals surface area contributed by atoms with E-state index in [1.54, 1.807) is 0 Å². The van der Waals surface area contributed by atoms with Crippen LogP contribution in [0, 0.1) is 5.92 Å². The lowest BCUT2D eigenvalue weighted by Crippen LogP contribution is -2.45. The minimum Gasteiger partial charge on any atom is -0.338 e. The summed E-state index contributed by atoms with van der Waals surface area (Å²) in [5.74, 6) is 0.773. The Labute approximate surface area is 127 Å². The molecule has 1 saturated heterocycles. The van der Waals surface area contributed by atoms with Gasteiger partial charge in [0.15, 0.2) is 0 Å². The molecule has 1 aliphatic heterocycles. The van der Waals surface area contributed by atoms with Crippen molar-refractivity contribution < 1.29 is 4.79 Å². The highest BCUT2D eigenvalue weighted by Crippen LogP contribution is 2.15. The minimum atomic E-state index is 0.221. The summed E-state index contributed by atoms with van der Waals surface area (Å²) in [6.07, 6.45) is 2.35. The first kappa shape index (κ1) is 16.0. The van der Waals surface area contributed by atoms with Crippen molar-refractivity contribution in [3.8, 4) is 0 Å². The van der Waals surface area contributed by atoms with Crippen LogP contribution in [-0.2, 0) is 11.3 Å². The molecule has 1 fully saturated rings. The lowest BCUT2D eigenvalue weighted by molar-refractivity contribution is -0.133. The van der Waals surface area contributed by atoms with Gasteiger partial charge in [0.25, 0.3) is 0 Å². The maximum Gasteiger partial charge on any atom is 0.237 e. The normalized spacial score (nSPS) is 19.4. The van der Waals surface area contributed by atoms with Gasteiger partial charge in [-0.15, -0.1) is 0 Å². The average Bonchev–Trinajstić information content (AvgIpc) is 2.53. The summed E-state index contributed by atoms with van der Waals surface area (Å²) in [7, 11) is 0. The lowest BCUT2D eigenvalue weighted by atomic mass is 9.98. The first-order chi connectivity index (χ1) is 10.2. The molecule has 2 N–H and O–H groups in total. The molecule has 116 valence electrons. The number of benzene rings is 1. The van der Waals surface area contributed by atoms with Crippen molar-refractivity contribution in [1.29, 1.82) is 0 Å². The first-order valence-electron chi connectivity index (χ1n) is 7.97. The minimum absolute atomic E-state index is 0.221. The van der Waals surface area contributed by atoms with Crippen LogP contribution in [0.4, 0.5) is 0 Å². The predicted octanol–water partition coefficient (Wildman–Crippen LogP) is 1.71. The molecule has 4 nitrogen and oxygen atoms in total. The molecular weight excluding hydrogens is 262 g/mol. The highest BCUT2D eigenvalue weighted by atomic mass is 16.2. The third-order valence-electron chi connectivity index (χ3n) is 4.25. The number of amides is 1. The van der Waals surface area contributed by atoms with E-state index in [0.29, 0.717) is 19.0 Å². The van der Waals surface area contributed by atoms with Gasteiger partial charge in [-0.25, -0.2) is 0 Å². The Kier molecular flexibility index (Phi) is 6.21. The number of hydrogen-bond acceptors (Lipinski definition) is 3. The quantitative estimate of drug-likeness (QED) is 0.867. The second kappa shape index (κ2) is 8.15. The SMILES string of the molecule is CCN(Cc1ccccc1)C(=O)CN1CCCC(CN)C1. The molecule has 1 atom stereocenters. The summed E-state index contributed by atoms with van der Waals surface area (Å²) in [6, 6.07) is 10.2. The number of piperidine rings is 1. The van der Waals surface area contributed by atoms with Crippen molar-refractivity contribution in [3.05, 3.63) is 35.9 Å². The van der Waals surface area contributed by atoms with Gasteiger partial charge in [-0.3, -0.25) is 9.69 Å².